The molecule has 0 unspecified atom stereocenters. The summed E-state index contributed by atoms with van der Waals surface area (Å²) < 4.78 is 19.4. The minimum atomic E-state index is -0.515. The number of anilines is 2. The molecule has 27 heavy (non-hydrogen) atoms. The van der Waals surface area contributed by atoms with Crippen LogP contribution in [0, 0.1) is 19.7 Å². The number of benzene rings is 1. The lowest BCUT2D eigenvalue weighted by molar-refractivity contribution is -0.115. The first kappa shape index (κ1) is 19.2. The number of hydrogen-bond acceptors (Lipinski definition) is 6. The Bertz CT molecular complexity index is 997. The van der Waals surface area contributed by atoms with Crippen LogP contribution < -0.4 is 4.90 Å². The van der Waals surface area contributed by atoms with E-state index in [-0.39, 0.29) is 18.2 Å². The molecule has 0 saturated carbocycles. The lowest BCUT2D eigenvalue weighted by Gasteiger charge is -2.18. The molecule has 0 aliphatic carbocycles. The zero-order chi connectivity index (χ0) is 19.6. The molecule has 0 aliphatic rings. The smallest absolute Gasteiger partial charge is 0.339 e. The molecular weight excluding hydrogens is 387 g/mol. The fourth-order valence-corrected chi connectivity index (χ4v) is 4.33. The van der Waals surface area contributed by atoms with Crippen LogP contribution in [0.1, 0.15) is 32.7 Å². The Kier molecular flexibility index (Phi) is 5.67. The summed E-state index contributed by atoms with van der Waals surface area (Å²) in [6, 6.07) is 7.80. The first-order chi connectivity index (χ1) is 12.9. The van der Waals surface area contributed by atoms with Gasteiger partial charge in [0, 0.05) is 22.1 Å². The van der Waals surface area contributed by atoms with Gasteiger partial charge in [-0.1, -0.05) is 12.1 Å². The number of amides is 1. The topological polar surface area (TPSA) is 59.5 Å². The molecular formula is C19H17FN2O3S2. The Morgan fingerprint density at radius 3 is 2.63 bits per heavy atom. The third-order valence-corrected chi connectivity index (χ3v) is 5.59. The molecule has 140 valence electrons. The van der Waals surface area contributed by atoms with E-state index < -0.39 is 11.8 Å². The van der Waals surface area contributed by atoms with E-state index in [1.807, 2.05) is 13.8 Å². The first-order valence-corrected chi connectivity index (χ1v) is 9.80. The van der Waals surface area contributed by atoms with Crippen molar-refractivity contribution in [1.29, 1.82) is 0 Å². The maximum atomic E-state index is 14.1. The molecule has 0 fully saturated rings. The monoisotopic (exact) mass is 404 g/mol. The molecule has 0 aliphatic heterocycles. The van der Waals surface area contributed by atoms with Gasteiger partial charge in [-0.05, 0) is 32.0 Å². The van der Waals surface area contributed by atoms with Crippen LogP contribution in [0.4, 0.5) is 15.2 Å². The van der Waals surface area contributed by atoms with Crippen molar-refractivity contribution in [2.45, 2.75) is 27.4 Å². The summed E-state index contributed by atoms with van der Waals surface area (Å²) in [5.74, 6) is -1.29. The Hall–Kier alpha value is -2.58. The minimum absolute atomic E-state index is 0.0211. The molecule has 1 amide bonds. The zero-order valence-corrected chi connectivity index (χ0v) is 16.6. The van der Waals surface area contributed by atoms with E-state index in [9.17, 15) is 14.0 Å². The molecule has 5 nitrogen and oxygen atoms in total. The molecule has 2 aromatic heterocycles. The van der Waals surface area contributed by atoms with Crippen molar-refractivity contribution in [2.24, 2.45) is 0 Å². The van der Waals surface area contributed by atoms with Gasteiger partial charge in [0.15, 0.2) is 5.13 Å². The van der Waals surface area contributed by atoms with Gasteiger partial charge in [0.1, 0.15) is 12.4 Å². The maximum absolute atomic E-state index is 14.1. The molecule has 3 rings (SSSR count). The van der Waals surface area contributed by atoms with Crippen LogP contribution >= 0.6 is 22.7 Å². The summed E-state index contributed by atoms with van der Waals surface area (Å²) in [7, 11) is 0. The van der Waals surface area contributed by atoms with Gasteiger partial charge in [-0.25, -0.2) is 14.2 Å². The van der Waals surface area contributed by atoms with Crippen molar-refractivity contribution in [3.05, 3.63) is 62.5 Å². The summed E-state index contributed by atoms with van der Waals surface area (Å²) >= 11 is 2.72. The van der Waals surface area contributed by atoms with Gasteiger partial charge in [0.05, 0.1) is 16.9 Å². The van der Waals surface area contributed by atoms with Crippen LogP contribution in [0.2, 0.25) is 0 Å². The molecule has 1 aromatic carbocycles. The predicted molar refractivity (Wildman–Crippen MR) is 104 cm³/mol. The number of rotatable bonds is 5. The summed E-state index contributed by atoms with van der Waals surface area (Å²) in [6.45, 7) is 5.12. The molecule has 8 heteroatoms. The molecule has 0 saturated heterocycles. The molecule has 0 atom stereocenters. The van der Waals surface area contributed by atoms with E-state index in [0.29, 0.717) is 16.4 Å². The van der Waals surface area contributed by atoms with Crippen LogP contribution in [-0.4, -0.2) is 16.9 Å². The lowest BCUT2D eigenvalue weighted by atomic mass is 10.2. The average molecular weight is 404 g/mol. The SMILES string of the molecule is CC(=O)N(c1nc(COC(=O)c2cc(C)sc2C)cs1)c1ccccc1F. The van der Waals surface area contributed by atoms with Crippen molar-refractivity contribution in [3.8, 4) is 0 Å². The fourth-order valence-electron chi connectivity index (χ4n) is 2.56. The molecule has 0 bridgehead atoms. The van der Waals surface area contributed by atoms with Crippen LogP contribution in [0.15, 0.2) is 35.7 Å². The lowest BCUT2D eigenvalue weighted by Crippen LogP contribution is -2.23. The number of aryl methyl sites for hydroxylation is 2. The van der Waals surface area contributed by atoms with Gasteiger partial charge in [0.2, 0.25) is 5.91 Å². The van der Waals surface area contributed by atoms with Gasteiger partial charge in [0.25, 0.3) is 0 Å². The van der Waals surface area contributed by atoms with Gasteiger partial charge >= 0.3 is 5.97 Å². The predicted octanol–water partition coefficient (Wildman–Crippen LogP) is 5.00. The minimum Gasteiger partial charge on any atom is -0.456 e. The highest BCUT2D eigenvalue weighted by Crippen LogP contribution is 2.31. The fraction of sp³-hybridized carbons (Fsp3) is 0.211. The Balaban J connectivity index is 1.75. The summed E-state index contributed by atoms with van der Waals surface area (Å²) in [4.78, 5) is 31.7. The maximum Gasteiger partial charge on any atom is 0.339 e. The number of halogens is 1. The van der Waals surface area contributed by atoms with Crippen molar-refractivity contribution in [3.63, 3.8) is 0 Å². The molecule has 0 radical (unpaired) electrons. The highest BCUT2D eigenvalue weighted by atomic mass is 32.1. The normalized spacial score (nSPS) is 10.7. The van der Waals surface area contributed by atoms with E-state index in [2.05, 4.69) is 4.98 Å². The third-order valence-electron chi connectivity index (χ3n) is 3.75. The second-order valence-electron chi connectivity index (χ2n) is 5.83. The highest BCUT2D eigenvalue weighted by Gasteiger charge is 2.21. The van der Waals surface area contributed by atoms with Crippen molar-refractivity contribution < 1.29 is 18.7 Å². The summed E-state index contributed by atoms with van der Waals surface area (Å²) in [6.07, 6.45) is 0. The van der Waals surface area contributed by atoms with Crippen LogP contribution in [0.5, 0.6) is 0 Å². The number of para-hydroxylation sites is 1. The summed E-state index contributed by atoms with van der Waals surface area (Å²) in [5, 5.41) is 2.01. The van der Waals surface area contributed by atoms with E-state index in [4.69, 9.17) is 4.74 Å². The van der Waals surface area contributed by atoms with Gasteiger partial charge < -0.3 is 4.74 Å². The number of carbonyl (C=O) groups is 2. The van der Waals surface area contributed by atoms with Crippen LogP contribution in [-0.2, 0) is 16.1 Å². The number of nitrogens with zero attached hydrogens (tertiary/aromatic N) is 2. The number of thiophene rings is 1. The number of carbonyl (C=O) groups excluding carboxylic acids is 2. The quantitative estimate of drug-likeness (QED) is 0.562. The Labute approximate surface area is 164 Å². The van der Waals surface area contributed by atoms with E-state index >= 15 is 0 Å². The largest absolute Gasteiger partial charge is 0.456 e. The zero-order valence-electron chi connectivity index (χ0n) is 15.0. The van der Waals surface area contributed by atoms with E-state index in [0.717, 1.165) is 9.75 Å². The van der Waals surface area contributed by atoms with E-state index in [1.165, 1.54) is 46.6 Å². The standard InChI is InChI=1S/C19H17FN2O3S2/c1-11-8-15(12(2)27-11)18(24)25-9-14-10-26-19(21-14)22(13(3)23)17-7-5-4-6-16(17)20/h4-8,10H,9H2,1-3H3. The second-order valence-corrected chi connectivity index (χ2v) is 8.13. The summed E-state index contributed by atoms with van der Waals surface area (Å²) in [5.41, 5.74) is 1.17. The molecule has 3 aromatic rings. The Morgan fingerprint density at radius 1 is 1.26 bits per heavy atom. The highest BCUT2D eigenvalue weighted by molar-refractivity contribution is 7.14. The van der Waals surface area contributed by atoms with Crippen molar-refractivity contribution in [2.75, 3.05) is 4.90 Å². The number of hydrogen-bond donors (Lipinski definition) is 0. The first-order valence-electron chi connectivity index (χ1n) is 8.10. The van der Waals surface area contributed by atoms with Crippen molar-refractivity contribution in [1.82, 2.24) is 4.98 Å². The number of ether oxygens (including phenoxy) is 1. The molecule has 0 N–H and O–H groups in total. The molecule has 2 heterocycles. The van der Waals surface area contributed by atoms with E-state index in [1.54, 1.807) is 23.6 Å². The van der Waals surface area contributed by atoms with Crippen LogP contribution in [0.3, 0.4) is 0 Å². The average Bonchev–Trinajstić information content (AvgIpc) is 3.20. The number of aromatic nitrogens is 1. The number of thiazole rings is 1. The van der Waals surface area contributed by atoms with Crippen LogP contribution in [0.25, 0.3) is 0 Å². The Morgan fingerprint density at radius 2 is 2.00 bits per heavy atom. The second kappa shape index (κ2) is 7.98. The van der Waals surface area contributed by atoms with Gasteiger partial charge in [-0.2, -0.15) is 0 Å². The third kappa shape index (κ3) is 4.23. The molecule has 0 spiro atoms. The van der Waals surface area contributed by atoms with Crippen molar-refractivity contribution >= 4 is 45.4 Å². The van der Waals surface area contributed by atoms with Gasteiger partial charge in [-0.3, -0.25) is 9.69 Å². The number of esters is 1. The van der Waals surface area contributed by atoms with Gasteiger partial charge in [-0.15, -0.1) is 22.7 Å².